The minimum atomic E-state index is -0.0204. The predicted octanol–water partition coefficient (Wildman–Crippen LogP) is 2.75. The lowest BCUT2D eigenvalue weighted by atomic mass is 9.88. The molecule has 1 aromatic rings. The van der Waals surface area contributed by atoms with E-state index in [0.29, 0.717) is 29.0 Å². The van der Waals surface area contributed by atoms with E-state index in [0.717, 1.165) is 25.6 Å². The number of anilines is 1. The lowest BCUT2D eigenvalue weighted by Gasteiger charge is -2.34. The number of carbonyl (C=O) groups is 1. The Kier molecular flexibility index (Phi) is 5.98. The van der Waals surface area contributed by atoms with Gasteiger partial charge in [-0.05, 0) is 69.4 Å². The van der Waals surface area contributed by atoms with Crippen molar-refractivity contribution in [1.29, 1.82) is 0 Å². The summed E-state index contributed by atoms with van der Waals surface area (Å²) in [5, 5.41) is 7.10. The molecule has 0 bridgehead atoms. The normalized spacial score (nSPS) is 22.5. The summed E-state index contributed by atoms with van der Waals surface area (Å²) in [6.07, 6.45) is 4.95. The highest BCUT2D eigenvalue weighted by atomic mass is 35.5. The quantitative estimate of drug-likeness (QED) is 0.856. The van der Waals surface area contributed by atoms with Crippen molar-refractivity contribution >= 4 is 23.2 Å². The zero-order valence-corrected chi connectivity index (χ0v) is 14.9. The van der Waals surface area contributed by atoms with Crippen LogP contribution in [0.25, 0.3) is 0 Å². The Labute approximate surface area is 148 Å². The first-order valence-electron chi connectivity index (χ1n) is 8.75. The SMILES string of the molecule is COc1ccc(Cl)cc1NC(=O)CN1CCC(C2CCCN2)CC1. The minimum Gasteiger partial charge on any atom is -0.495 e. The molecule has 2 fully saturated rings. The van der Waals surface area contributed by atoms with E-state index in [1.54, 1.807) is 25.3 Å². The monoisotopic (exact) mass is 351 g/mol. The van der Waals surface area contributed by atoms with Gasteiger partial charge >= 0.3 is 0 Å². The molecule has 2 saturated heterocycles. The van der Waals surface area contributed by atoms with E-state index in [-0.39, 0.29) is 5.91 Å². The number of nitrogens with zero attached hydrogens (tertiary/aromatic N) is 1. The van der Waals surface area contributed by atoms with Crippen molar-refractivity contribution in [2.24, 2.45) is 5.92 Å². The van der Waals surface area contributed by atoms with Gasteiger partial charge in [-0.15, -0.1) is 0 Å². The van der Waals surface area contributed by atoms with Crippen molar-refractivity contribution in [3.05, 3.63) is 23.2 Å². The number of amides is 1. The molecule has 0 spiro atoms. The average molecular weight is 352 g/mol. The molecule has 132 valence electrons. The van der Waals surface area contributed by atoms with Crippen molar-refractivity contribution in [3.63, 3.8) is 0 Å². The van der Waals surface area contributed by atoms with Gasteiger partial charge in [0.05, 0.1) is 19.3 Å². The molecule has 5 nitrogen and oxygen atoms in total. The Bertz CT molecular complexity index is 567. The number of methoxy groups -OCH3 is 1. The molecular weight excluding hydrogens is 326 g/mol. The van der Waals surface area contributed by atoms with Crippen LogP contribution in [0.2, 0.25) is 5.02 Å². The van der Waals surface area contributed by atoms with E-state index in [2.05, 4.69) is 15.5 Å². The van der Waals surface area contributed by atoms with Crippen LogP contribution < -0.4 is 15.4 Å². The number of hydrogen-bond acceptors (Lipinski definition) is 4. The second kappa shape index (κ2) is 8.19. The summed E-state index contributed by atoms with van der Waals surface area (Å²) in [6.45, 7) is 3.56. The second-order valence-corrected chi connectivity index (χ2v) is 7.15. The van der Waals surface area contributed by atoms with Gasteiger partial charge in [0.15, 0.2) is 0 Å². The maximum Gasteiger partial charge on any atom is 0.238 e. The van der Waals surface area contributed by atoms with Crippen LogP contribution in [0.5, 0.6) is 5.75 Å². The highest BCUT2D eigenvalue weighted by molar-refractivity contribution is 6.31. The fourth-order valence-corrected chi connectivity index (χ4v) is 3.97. The Morgan fingerprint density at radius 2 is 2.17 bits per heavy atom. The number of ether oxygens (including phenoxy) is 1. The van der Waals surface area contributed by atoms with Crippen LogP contribution >= 0.6 is 11.6 Å². The molecule has 0 radical (unpaired) electrons. The third-order valence-corrected chi connectivity index (χ3v) is 5.34. The first kappa shape index (κ1) is 17.5. The molecule has 2 aliphatic heterocycles. The highest BCUT2D eigenvalue weighted by Crippen LogP contribution is 2.28. The first-order chi connectivity index (χ1) is 11.7. The average Bonchev–Trinajstić information content (AvgIpc) is 3.10. The van der Waals surface area contributed by atoms with Gasteiger partial charge in [-0.25, -0.2) is 0 Å². The molecule has 3 rings (SSSR count). The maximum absolute atomic E-state index is 12.3. The summed E-state index contributed by atoms with van der Waals surface area (Å²) in [4.78, 5) is 14.6. The van der Waals surface area contributed by atoms with Gasteiger partial charge < -0.3 is 15.4 Å². The molecule has 24 heavy (non-hydrogen) atoms. The Morgan fingerprint density at radius 1 is 1.38 bits per heavy atom. The van der Waals surface area contributed by atoms with E-state index >= 15 is 0 Å². The van der Waals surface area contributed by atoms with E-state index in [9.17, 15) is 4.79 Å². The Morgan fingerprint density at radius 3 is 2.83 bits per heavy atom. The van der Waals surface area contributed by atoms with Crippen LogP contribution in [0.15, 0.2) is 18.2 Å². The number of likely N-dealkylation sites (tertiary alicyclic amines) is 1. The molecular formula is C18H26ClN3O2. The van der Waals surface area contributed by atoms with Gasteiger partial charge in [-0.2, -0.15) is 0 Å². The van der Waals surface area contributed by atoms with E-state index < -0.39 is 0 Å². The van der Waals surface area contributed by atoms with E-state index in [1.807, 2.05) is 0 Å². The van der Waals surface area contributed by atoms with Gasteiger partial charge in [-0.3, -0.25) is 9.69 Å². The van der Waals surface area contributed by atoms with Gasteiger partial charge in [-0.1, -0.05) is 11.6 Å². The number of piperidine rings is 1. The molecule has 1 amide bonds. The van der Waals surface area contributed by atoms with E-state index in [1.165, 1.54) is 25.7 Å². The number of rotatable bonds is 5. The van der Waals surface area contributed by atoms with Crippen molar-refractivity contribution in [1.82, 2.24) is 10.2 Å². The maximum atomic E-state index is 12.3. The summed E-state index contributed by atoms with van der Waals surface area (Å²) in [6, 6.07) is 5.92. The Balaban J connectivity index is 1.48. The van der Waals surface area contributed by atoms with Crippen LogP contribution in [0, 0.1) is 5.92 Å². The number of benzene rings is 1. The molecule has 6 heteroatoms. The lowest BCUT2D eigenvalue weighted by Crippen LogP contribution is -2.43. The minimum absolute atomic E-state index is 0.0204. The van der Waals surface area contributed by atoms with Gasteiger partial charge in [0.1, 0.15) is 5.75 Å². The van der Waals surface area contributed by atoms with Crippen LogP contribution in [0.1, 0.15) is 25.7 Å². The van der Waals surface area contributed by atoms with Crippen molar-refractivity contribution in [2.75, 3.05) is 38.6 Å². The van der Waals surface area contributed by atoms with Gasteiger partial charge in [0.2, 0.25) is 5.91 Å². The zero-order valence-electron chi connectivity index (χ0n) is 14.2. The molecule has 1 unspecified atom stereocenters. The van der Waals surface area contributed by atoms with Crippen LogP contribution in [-0.2, 0) is 4.79 Å². The van der Waals surface area contributed by atoms with Gasteiger partial charge in [0.25, 0.3) is 0 Å². The van der Waals surface area contributed by atoms with Crippen LogP contribution in [0.4, 0.5) is 5.69 Å². The molecule has 2 N–H and O–H groups in total. The van der Waals surface area contributed by atoms with Crippen molar-refractivity contribution in [3.8, 4) is 5.75 Å². The zero-order chi connectivity index (χ0) is 16.9. The van der Waals surface area contributed by atoms with Gasteiger partial charge in [0, 0.05) is 11.1 Å². The van der Waals surface area contributed by atoms with Crippen LogP contribution in [-0.4, -0.2) is 50.1 Å². The molecule has 0 saturated carbocycles. The summed E-state index contributed by atoms with van der Waals surface area (Å²) in [5.41, 5.74) is 0.625. The summed E-state index contributed by atoms with van der Waals surface area (Å²) >= 11 is 6.00. The number of hydrogen-bond donors (Lipinski definition) is 2. The van der Waals surface area contributed by atoms with Crippen molar-refractivity contribution in [2.45, 2.75) is 31.7 Å². The molecule has 1 atom stereocenters. The highest BCUT2D eigenvalue weighted by Gasteiger charge is 2.28. The molecule has 0 aliphatic carbocycles. The molecule has 2 aliphatic rings. The number of halogens is 1. The second-order valence-electron chi connectivity index (χ2n) is 6.71. The lowest BCUT2D eigenvalue weighted by molar-refractivity contribution is -0.117. The largest absolute Gasteiger partial charge is 0.495 e. The summed E-state index contributed by atoms with van der Waals surface area (Å²) < 4.78 is 5.27. The summed E-state index contributed by atoms with van der Waals surface area (Å²) in [7, 11) is 1.58. The Hall–Kier alpha value is -1.30. The third kappa shape index (κ3) is 4.41. The van der Waals surface area contributed by atoms with E-state index in [4.69, 9.17) is 16.3 Å². The number of nitrogens with one attached hydrogen (secondary N) is 2. The molecule has 0 aromatic heterocycles. The standard InChI is InChI=1S/C18H26ClN3O2/c1-24-17-5-4-14(19)11-16(17)21-18(23)12-22-9-6-13(7-10-22)15-3-2-8-20-15/h4-5,11,13,15,20H,2-3,6-10,12H2,1H3,(H,21,23). The summed E-state index contributed by atoms with van der Waals surface area (Å²) in [5.74, 6) is 1.37. The fraction of sp³-hybridized carbons (Fsp3) is 0.611. The topological polar surface area (TPSA) is 53.6 Å². The first-order valence-corrected chi connectivity index (χ1v) is 9.12. The smallest absolute Gasteiger partial charge is 0.238 e. The fourth-order valence-electron chi connectivity index (χ4n) is 3.80. The predicted molar refractivity (Wildman–Crippen MR) is 96.8 cm³/mol. The number of carbonyl (C=O) groups excluding carboxylic acids is 1. The van der Waals surface area contributed by atoms with Crippen LogP contribution in [0.3, 0.4) is 0 Å². The molecule has 2 heterocycles. The molecule has 1 aromatic carbocycles. The van der Waals surface area contributed by atoms with Crippen molar-refractivity contribution < 1.29 is 9.53 Å². The third-order valence-electron chi connectivity index (χ3n) is 5.10.